The van der Waals surface area contributed by atoms with E-state index in [-0.39, 0.29) is 19.0 Å². The SMILES string of the molecule is CN(C)CCN(CC(=O)NCCc1ccc(Cl)cc1Cl)S(C)(=O)=O. The molecule has 0 fully saturated rings. The van der Waals surface area contributed by atoms with Gasteiger partial charge in [-0.25, -0.2) is 8.42 Å². The molecule has 1 aromatic rings. The fourth-order valence-electron chi connectivity index (χ4n) is 1.95. The summed E-state index contributed by atoms with van der Waals surface area (Å²) in [7, 11) is 0.253. The molecule has 6 nitrogen and oxygen atoms in total. The number of amides is 1. The minimum atomic E-state index is -3.43. The largest absolute Gasteiger partial charge is 0.355 e. The van der Waals surface area contributed by atoms with Crippen molar-refractivity contribution in [3.63, 3.8) is 0 Å². The van der Waals surface area contributed by atoms with E-state index in [2.05, 4.69) is 5.32 Å². The summed E-state index contributed by atoms with van der Waals surface area (Å²) in [6, 6.07) is 5.18. The van der Waals surface area contributed by atoms with Crippen molar-refractivity contribution in [3.8, 4) is 0 Å². The second kappa shape index (κ2) is 9.58. The normalized spacial score (nSPS) is 12.0. The van der Waals surface area contributed by atoms with Gasteiger partial charge in [-0.05, 0) is 38.2 Å². The number of likely N-dealkylation sites (N-methyl/N-ethyl adjacent to an activating group) is 1. The van der Waals surface area contributed by atoms with E-state index in [9.17, 15) is 13.2 Å². The predicted molar refractivity (Wildman–Crippen MR) is 98.1 cm³/mol. The van der Waals surface area contributed by atoms with Crippen LogP contribution >= 0.6 is 23.2 Å². The minimum Gasteiger partial charge on any atom is -0.355 e. The van der Waals surface area contributed by atoms with Crippen LogP contribution < -0.4 is 5.32 Å². The number of carbonyl (C=O) groups excluding carboxylic acids is 1. The summed E-state index contributed by atoms with van der Waals surface area (Å²) in [6.07, 6.45) is 1.64. The van der Waals surface area contributed by atoms with E-state index < -0.39 is 10.0 Å². The third kappa shape index (κ3) is 7.81. The van der Waals surface area contributed by atoms with Crippen LogP contribution in [0.2, 0.25) is 10.0 Å². The zero-order valence-corrected chi connectivity index (χ0v) is 16.4. The Morgan fingerprint density at radius 1 is 1.21 bits per heavy atom. The van der Waals surface area contributed by atoms with Crippen LogP contribution in [0, 0.1) is 0 Å². The molecule has 0 heterocycles. The molecule has 0 unspecified atom stereocenters. The lowest BCUT2D eigenvalue weighted by Gasteiger charge is -2.21. The van der Waals surface area contributed by atoms with Crippen LogP contribution in [0.3, 0.4) is 0 Å². The molecule has 0 saturated heterocycles. The van der Waals surface area contributed by atoms with Gasteiger partial charge in [-0.15, -0.1) is 0 Å². The van der Waals surface area contributed by atoms with Crippen LogP contribution in [0.15, 0.2) is 18.2 Å². The van der Waals surface area contributed by atoms with Crippen molar-refractivity contribution in [2.24, 2.45) is 0 Å². The van der Waals surface area contributed by atoms with Crippen molar-refractivity contribution in [3.05, 3.63) is 33.8 Å². The molecule has 0 radical (unpaired) electrons. The molecular formula is C15H23Cl2N3O3S. The molecule has 0 aliphatic rings. The number of hydrogen-bond donors (Lipinski definition) is 1. The van der Waals surface area contributed by atoms with E-state index in [1.807, 2.05) is 19.0 Å². The average Bonchev–Trinajstić information content (AvgIpc) is 2.44. The third-order valence-electron chi connectivity index (χ3n) is 3.32. The van der Waals surface area contributed by atoms with Crippen LogP contribution in [0.5, 0.6) is 0 Å². The monoisotopic (exact) mass is 395 g/mol. The average molecular weight is 396 g/mol. The standard InChI is InChI=1S/C15H23Cl2N3O3S/c1-19(2)8-9-20(24(3,22)23)11-15(21)18-7-6-12-4-5-13(16)10-14(12)17/h4-5,10H,6-9,11H2,1-3H3,(H,18,21). The van der Waals surface area contributed by atoms with Crippen LogP contribution in [-0.4, -0.2) is 70.1 Å². The van der Waals surface area contributed by atoms with Crippen molar-refractivity contribution in [2.45, 2.75) is 6.42 Å². The maximum absolute atomic E-state index is 12.0. The van der Waals surface area contributed by atoms with Gasteiger partial charge < -0.3 is 10.2 Å². The Morgan fingerprint density at radius 3 is 2.42 bits per heavy atom. The topological polar surface area (TPSA) is 69.7 Å². The lowest BCUT2D eigenvalue weighted by Crippen LogP contribution is -2.43. The number of nitrogens with zero attached hydrogens (tertiary/aromatic N) is 2. The molecule has 0 atom stereocenters. The first kappa shape index (κ1) is 21.2. The maximum atomic E-state index is 12.0. The number of carbonyl (C=O) groups is 1. The van der Waals surface area contributed by atoms with E-state index in [1.165, 1.54) is 0 Å². The van der Waals surface area contributed by atoms with Gasteiger partial charge in [0.05, 0.1) is 12.8 Å². The predicted octanol–water partition coefficient (Wildman–Crippen LogP) is 1.48. The van der Waals surface area contributed by atoms with E-state index in [0.29, 0.717) is 29.6 Å². The van der Waals surface area contributed by atoms with Crippen LogP contribution in [0.4, 0.5) is 0 Å². The van der Waals surface area contributed by atoms with Crippen molar-refractivity contribution < 1.29 is 13.2 Å². The maximum Gasteiger partial charge on any atom is 0.235 e. The molecule has 1 aromatic carbocycles. The highest BCUT2D eigenvalue weighted by Gasteiger charge is 2.19. The van der Waals surface area contributed by atoms with Crippen LogP contribution in [0.25, 0.3) is 0 Å². The third-order valence-corrected chi connectivity index (χ3v) is 5.15. The highest BCUT2D eigenvalue weighted by atomic mass is 35.5. The van der Waals surface area contributed by atoms with Gasteiger partial charge in [0.25, 0.3) is 0 Å². The first-order valence-electron chi connectivity index (χ1n) is 7.40. The molecule has 136 valence electrons. The first-order chi connectivity index (χ1) is 11.1. The number of benzene rings is 1. The van der Waals surface area contributed by atoms with E-state index >= 15 is 0 Å². The summed E-state index contributed by atoms with van der Waals surface area (Å²) in [5.41, 5.74) is 0.869. The summed E-state index contributed by atoms with van der Waals surface area (Å²) < 4.78 is 24.7. The molecule has 0 aliphatic heterocycles. The molecule has 0 aliphatic carbocycles. The fourth-order valence-corrected chi connectivity index (χ4v) is 3.22. The van der Waals surface area contributed by atoms with E-state index in [0.717, 1.165) is 16.1 Å². The van der Waals surface area contributed by atoms with Gasteiger partial charge in [-0.1, -0.05) is 29.3 Å². The summed E-state index contributed by atoms with van der Waals surface area (Å²) in [4.78, 5) is 13.8. The van der Waals surface area contributed by atoms with Gasteiger partial charge in [0.15, 0.2) is 0 Å². The number of nitrogens with one attached hydrogen (secondary N) is 1. The van der Waals surface area contributed by atoms with E-state index in [1.54, 1.807) is 18.2 Å². The van der Waals surface area contributed by atoms with E-state index in [4.69, 9.17) is 23.2 Å². The minimum absolute atomic E-state index is 0.193. The molecule has 1 N–H and O–H groups in total. The van der Waals surface area contributed by atoms with Crippen molar-refractivity contribution in [2.75, 3.05) is 46.5 Å². The first-order valence-corrected chi connectivity index (χ1v) is 10.0. The van der Waals surface area contributed by atoms with Gasteiger partial charge in [0, 0.05) is 29.7 Å². The molecule has 0 saturated carbocycles. The Hall–Kier alpha value is -0.860. The van der Waals surface area contributed by atoms with Crippen LogP contribution in [-0.2, 0) is 21.2 Å². The quantitative estimate of drug-likeness (QED) is 0.687. The van der Waals surface area contributed by atoms with Crippen molar-refractivity contribution in [1.82, 2.24) is 14.5 Å². The molecular weight excluding hydrogens is 373 g/mol. The number of rotatable bonds is 9. The zero-order valence-electron chi connectivity index (χ0n) is 14.1. The molecule has 1 amide bonds. The smallest absolute Gasteiger partial charge is 0.235 e. The molecule has 1 rings (SSSR count). The Labute approximate surface area is 153 Å². The van der Waals surface area contributed by atoms with Crippen LogP contribution in [0.1, 0.15) is 5.56 Å². The summed E-state index contributed by atoms with van der Waals surface area (Å²) >= 11 is 11.9. The van der Waals surface area contributed by atoms with Crippen molar-refractivity contribution >= 4 is 39.1 Å². The number of hydrogen-bond acceptors (Lipinski definition) is 4. The molecule has 0 bridgehead atoms. The summed E-state index contributed by atoms with van der Waals surface area (Å²) in [5.74, 6) is -0.343. The lowest BCUT2D eigenvalue weighted by atomic mass is 10.1. The highest BCUT2D eigenvalue weighted by molar-refractivity contribution is 7.88. The Balaban J connectivity index is 2.51. The molecule has 24 heavy (non-hydrogen) atoms. The Kier molecular flexibility index (Phi) is 8.45. The van der Waals surface area contributed by atoms with Gasteiger partial charge in [0.2, 0.25) is 15.9 Å². The fraction of sp³-hybridized carbons (Fsp3) is 0.533. The van der Waals surface area contributed by atoms with Gasteiger partial charge in [-0.3, -0.25) is 4.79 Å². The number of sulfonamides is 1. The highest BCUT2D eigenvalue weighted by Crippen LogP contribution is 2.20. The molecule has 0 spiro atoms. The molecule has 9 heteroatoms. The lowest BCUT2D eigenvalue weighted by molar-refractivity contribution is -0.121. The zero-order chi connectivity index (χ0) is 18.3. The van der Waals surface area contributed by atoms with Crippen molar-refractivity contribution in [1.29, 1.82) is 0 Å². The molecule has 0 aromatic heterocycles. The number of halogens is 2. The van der Waals surface area contributed by atoms with Gasteiger partial charge in [0.1, 0.15) is 0 Å². The second-order valence-electron chi connectivity index (χ2n) is 5.74. The summed E-state index contributed by atoms with van der Waals surface area (Å²) in [6.45, 7) is 0.982. The Morgan fingerprint density at radius 2 is 1.88 bits per heavy atom. The summed E-state index contributed by atoms with van der Waals surface area (Å²) in [5, 5.41) is 3.81. The van der Waals surface area contributed by atoms with Gasteiger partial charge >= 0.3 is 0 Å². The Bertz CT molecular complexity index is 666. The van der Waals surface area contributed by atoms with Gasteiger partial charge in [-0.2, -0.15) is 4.31 Å². The second-order valence-corrected chi connectivity index (χ2v) is 8.56.